The molecule has 0 aromatic carbocycles. The lowest BCUT2D eigenvalue weighted by molar-refractivity contribution is -0.384. The van der Waals surface area contributed by atoms with Crippen LogP contribution in [-0.2, 0) is 0 Å². The lowest BCUT2D eigenvalue weighted by Crippen LogP contribution is -2.61. The summed E-state index contributed by atoms with van der Waals surface area (Å²) in [5, 5.41) is 14.4. The van der Waals surface area contributed by atoms with Gasteiger partial charge in [-0.3, -0.25) is 0 Å². The number of rotatable bonds is 8. The van der Waals surface area contributed by atoms with Crippen molar-refractivity contribution in [2.45, 2.75) is 57.0 Å². The SMILES string of the molecule is CCCCC[C@H](C/C=N\N(C)C)C(O)(C(F)(F)F)C(F)(F)F. The molecule has 0 bridgehead atoms. The molecule has 0 radical (unpaired) electrons. The van der Waals surface area contributed by atoms with Gasteiger partial charge in [0.05, 0.1) is 0 Å². The molecule has 0 aromatic heterocycles. The van der Waals surface area contributed by atoms with Crippen LogP contribution in [0.15, 0.2) is 5.10 Å². The van der Waals surface area contributed by atoms with Crippen LogP contribution < -0.4 is 0 Å². The van der Waals surface area contributed by atoms with Crippen molar-refractivity contribution in [3.8, 4) is 0 Å². The van der Waals surface area contributed by atoms with Gasteiger partial charge in [0.1, 0.15) is 0 Å². The van der Waals surface area contributed by atoms with Gasteiger partial charge in [-0.15, -0.1) is 0 Å². The molecular weight excluding hydrogens is 314 g/mol. The molecule has 3 nitrogen and oxygen atoms in total. The van der Waals surface area contributed by atoms with Crippen molar-refractivity contribution in [3.05, 3.63) is 0 Å². The zero-order valence-electron chi connectivity index (χ0n) is 12.8. The normalized spacial score (nSPS) is 15.4. The van der Waals surface area contributed by atoms with Gasteiger partial charge in [0.15, 0.2) is 0 Å². The van der Waals surface area contributed by atoms with Crippen LogP contribution >= 0.6 is 0 Å². The third-order valence-corrected chi connectivity index (χ3v) is 3.31. The molecule has 0 aromatic rings. The average Bonchev–Trinajstić information content (AvgIpc) is 2.33. The molecule has 0 aliphatic carbocycles. The summed E-state index contributed by atoms with van der Waals surface area (Å²) in [6.45, 7) is 1.78. The quantitative estimate of drug-likeness (QED) is 0.315. The highest BCUT2D eigenvalue weighted by molar-refractivity contribution is 5.57. The summed E-state index contributed by atoms with van der Waals surface area (Å²) in [6.07, 6.45) is -10.3. The van der Waals surface area contributed by atoms with Gasteiger partial charge in [-0.2, -0.15) is 31.4 Å². The average molecular weight is 336 g/mol. The third-order valence-electron chi connectivity index (χ3n) is 3.31. The summed E-state index contributed by atoms with van der Waals surface area (Å²) >= 11 is 0. The molecule has 0 saturated carbocycles. The van der Waals surface area contributed by atoms with Crippen molar-refractivity contribution in [2.24, 2.45) is 11.0 Å². The molecule has 0 unspecified atom stereocenters. The smallest absolute Gasteiger partial charge is 0.373 e. The number of hydrazone groups is 1. The van der Waals surface area contributed by atoms with E-state index < -0.39 is 30.3 Å². The van der Waals surface area contributed by atoms with Gasteiger partial charge in [-0.1, -0.05) is 26.2 Å². The number of nitrogens with zero attached hydrogens (tertiary/aromatic N) is 2. The van der Waals surface area contributed by atoms with Crippen LogP contribution in [-0.4, -0.2) is 48.4 Å². The van der Waals surface area contributed by atoms with E-state index in [-0.39, 0.29) is 12.8 Å². The first kappa shape index (κ1) is 21.0. The van der Waals surface area contributed by atoms with Crippen LogP contribution in [0, 0.1) is 5.92 Å². The summed E-state index contributed by atoms with van der Waals surface area (Å²) < 4.78 is 77.5. The second-order valence-corrected chi connectivity index (χ2v) is 5.34. The molecule has 1 N–H and O–H groups in total. The van der Waals surface area contributed by atoms with E-state index in [1.165, 1.54) is 19.1 Å². The standard InChI is InChI=1S/C13H22F6N2O/c1-4-5-6-7-10(8-9-20-21(2)3)11(22,12(14,15)16)13(17,18)19/h9-10,22H,4-8H2,1-3H3/b20-9-/t10-/m1/s1. The predicted octanol–water partition coefficient (Wildman–Crippen LogP) is 3.98. The van der Waals surface area contributed by atoms with Gasteiger partial charge in [-0.25, -0.2) is 0 Å². The van der Waals surface area contributed by atoms with Crippen molar-refractivity contribution in [3.63, 3.8) is 0 Å². The summed E-state index contributed by atoms with van der Waals surface area (Å²) in [5.41, 5.74) is -4.73. The summed E-state index contributed by atoms with van der Waals surface area (Å²) in [4.78, 5) is 0. The first-order chi connectivity index (χ1) is 9.88. The third kappa shape index (κ3) is 5.33. The minimum absolute atomic E-state index is 0.172. The number of unbranched alkanes of at least 4 members (excludes halogenated alkanes) is 2. The predicted molar refractivity (Wildman–Crippen MR) is 71.5 cm³/mol. The molecule has 0 heterocycles. The highest BCUT2D eigenvalue weighted by atomic mass is 19.4. The molecule has 0 rings (SSSR count). The highest BCUT2D eigenvalue weighted by Crippen LogP contribution is 2.49. The summed E-state index contributed by atoms with van der Waals surface area (Å²) in [5.74, 6) is -2.03. The van der Waals surface area contributed by atoms with E-state index in [2.05, 4.69) is 5.10 Å². The fourth-order valence-corrected chi connectivity index (χ4v) is 2.10. The van der Waals surface area contributed by atoms with Gasteiger partial charge >= 0.3 is 12.4 Å². The molecule has 132 valence electrons. The fraction of sp³-hybridized carbons (Fsp3) is 0.923. The minimum atomic E-state index is -5.80. The second kappa shape index (κ2) is 8.03. The Hall–Kier alpha value is -0.990. The largest absolute Gasteiger partial charge is 0.426 e. The molecular formula is C13H22F6N2O. The first-order valence-corrected chi connectivity index (χ1v) is 6.93. The molecule has 0 saturated heterocycles. The molecule has 0 aliphatic rings. The van der Waals surface area contributed by atoms with Crippen molar-refractivity contribution in [2.75, 3.05) is 14.1 Å². The van der Waals surface area contributed by atoms with E-state index in [1.54, 1.807) is 6.92 Å². The maximum Gasteiger partial charge on any atom is 0.426 e. The Bertz CT molecular complexity index is 337. The Balaban J connectivity index is 5.46. The number of alkyl halides is 6. The van der Waals surface area contributed by atoms with Crippen molar-refractivity contribution >= 4 is 6.21 Å². The van der Waals surface area contributed by atoms with Crippen LogP contribution in [0.3, 0.4) is 0 Å². The lowest BCUT2D eigenvalue weighted by atomic mass is 9.80. The molecule has 0 spiro atoms. The number of aliphatic hydroxyl groups is 1. The molecule has 0 aliphatic heterocycles. The van der Waals surface area contributed by atoms with Gasteiger partial charge in [-0.05, 0) is 12.8 Å². The molecule has 0 fully saturated rings. The van der Waals surface area contributed by atoms with E-state index in [0.717, 1.165) is 6.21 Å². The zero-order chi connectivity index (χ0) is 17.6. The van der Waals surface area contributed by atoms with Gasteiger partial charge in [0.25, 0.3) is 5.60 Å². The van der Waals surface area contributed by atoms with Crippen LogP contribution in [0.2, 0.25) is 0 Å². The van der Waals surface area contributed by atoms with Gasteiger partial charge in [0, 0.05) is 26.2 Å². The topological polar surface area (TPSA) is 35.8 Å². The Kier molecular flexibility index (Phi) is 7.67. The molecule has 0 amide bonds. The van der Waals surface area contributed by atoms with Crippen LogP contribution in [0.1, 0.15) is 39.0 Å². The van der Waals surface area contributed by atoms with E-state index in [4.69, 9.17) is 0 Å². The number of halogens is 6. The first-order valence-electron chi connectivity index (χ1n) is 6.93. The van der Waals surface area contributed by atoms with Crippen molar-refractivity contribution < 1.29 is 31.4 Å². The highest BCUT2D eigenvalue weighted by Gasteiger charge is 2.73. The monoisotopic (exact) mass is 336 g/mol. The molecule has 22 heavy (non-hydrogen) atoms. The maximum atomic E-state index is 12.9. The number of hydrogen-bond donors (Lipinski definition) is 1. The van der Waals surface area contributed by atoms with Crippen LogP contribution in [0.4, 0.5) is 26.3 Å². The Labute approximate surface area is 126 Å². The Morgan fingerprint density at radius 1 is 1.05 bits per heavy atom. The summed E-state index contributed by atoms with van der Waals surface area (Å²) in [6, 6.07) is 0. The molecule has 1 atom stereocenters. The van der Waals surface area contributed by atoms with Crippen LogP contribution in [0.5, 0.6) is 0 Å². The second-order valence-electron chi connectivity index (χ2n) is 5.34. The van der Waals surface area contributed by atoms with Crippen molar-refractivity contribution in [1.29, 1.82) is 0 Å². The lowest BCUT2D eigenvalue weighted by Gasteiger charge is -2.38. The van der Waals surface area contributed by atoms with Gasteiger partial charge in [0.2, 0.25) is 0 Å². The summed E-state index contributed by atoms with van der Waals surface area (Å²) in [7, 11) is 2.98. The van der Waals surface area contributed by atoms with E-state index in [9.17, 15) is 31.4 Å². The van der Waals surface area contributed by atoms with E-state index in [0.29, 0.717) is 12.8 Å². The maximum absolute atomic E-state index is 12.9. The Morgan fingerprint density at radius 2 is 1.55 bits per heavy atom. The number of hydrogen-bond acceptors (Lipinski definition) is 3. The minimum Gasteiger partial charge on any atom is -0.373 e. The molecule has 9 heteroatoms. The fourth-order valence-electron chi connectivity index (χ4n) is 2.10. The van der Waals surface area contributed by atoms with E-state index >= 15 is 0 Å². The Morgan fingerprint density at radius 3 is 1.91 bits per heavy atom. The van der Waals surface area contributed by atoms with Crippen molar-refractivity contribution in [1.82, 2.24) is 5.01 Å². The van der Waals surface area contributed by atoms with Crippen LogP contribution in [0.25, 0.3) is 0 Å². The van der Waals surface area contributed by atoms with Gasteiger partial charge < -0.3 is 10.1 Å². The zero-order valence-corrected chi connectivity index (χ0v) is 12.8. The van der Waals surface area contributed by atoms with E-state index in [1.807, 2.05) is 0 Å².